The predicted molar refractivity (Wildman–Crippen MR) is 129 cm³/mol. The summed E-state index contributed by atoms with van der Waals surface area (Å²) in [6, 6.07) is 5.37. The van der Waals surface area contributed by atoms with Crippen LogP contribution in [-0.2, 0) is 19.5 Å². The van der Waals surface area contributed by atoms with E-state index in [0.717, 1.165) is 24.5 Å². The van der Waals surface area contributed by atoms with E-state index >= 15 is 4.39 Å². The molecule has 176 valence electrons. The largest absolute Gasteiger partial charge is 0.396 e. The highest BCUT2D eigenvalue weighted by atomic mass is 19.1. The molecule has 5 aromatic rings. The lowest BCUT2D eigenvalue weighted by Crippen LogP contribution is -2.19. The number of nitrogens with two attached hydrogens (primary N) is 2. The summed E-state index contributed by atoms with van der Waals surface area (Å²) in [4.78, 5) is 24.3. The van der Waals surface area contributed by atoms with Crippen LogP contribution >= 0.6 is 0 Å². The fourth-order valence-electron chi connectivity index (χ4n) is 4.37. The number of fused-ring (bicyclic) bond motifs is 3. The van der Waals surface area contributed by atoms with Crippen molar-refractivity contribution in [2.75, 3.05) is 16.8 Å². The van der Waals surface area contributed by atoms with E-state index in [2.05, 4.69) is 29.9 Å². The molecule has 0 saturated carbocycles. The van der Waals surface area contributed by atoms with Crippen molar-refractivity contribution in [3.63, 3.8) is 0 Å². The average molecular weight is 472 g/mol. The highest BCUT2D eigenvalue weighted by Gasteiger charge is 2.18. The van der Waals surface area contributed by atoms with Crippen LogP contribution in [0.1, 0.15) is 17.2 Å². The smallest absolute Gasteiger partial charge is 0.296 e. The van der Waals surface area contributed by atoms with Gasteiger partial charge in [-0.25, -0.2) is 14.4 Å². The van der Waals surface area contributed by atoms with E-state index in [9.17, 15) is 4.79 Å². The van der Waals surface area contributed by atoms with Crippen LogP contribution in [0.25, 0.3) is 16.5 Å². The molecule has 0 atom stereocenters. The molecule has 0 saturated heterocycles. The van der Waals surface area contributed by atoms with Gasteiger partial charge in [0.1, 0.15) is 23.7 Å². The lowest BCUT2D eigenvalue weighted by Gasteiger charge is -2.15. The third kappa shape index (κ3) is 3.38. The Kier molecular flexibility index (Phi) is 4.56. The molecule has 0 unspecified atom stereocenters. The third-order valence-electron chi connectivity index (χ3n) is 6.33. The van der Waals surface area contributed by atoms with E-state index < -0.39 is 11.4 Å². The van der Waals surface area contributed by atoms with Gasteiger partial charge in [-0.15, -0.1) is 0 Å². The molecule has 0 bridgehead atoms. The lowest BCUT2D eigenvalue weighted by atomic mass is 10.1. The van der Waals surface area contributed by atoms with E-state index in [1.165, 1.54) is 17.1 Å². The van der Waals surface area contributed by atoms with Gasteiger partial charge in [-0.05, 0) is 24.4 Å². The summed E-state index contributed by atoms with van der Waals surface area (Å²) in [7, 11) is 0. The normalized spacial score (nSPS) is 12.9. The minimum atomic E-state index is -0.649. The number of aromatic nitrogens is 7. The molecule has 5 heterocycles. The van der Waals surface area contributed by atoms with Crippen LogP contribution in [0.4, 0.5) is 27.4 Å². The Hall–Kier alpha value is -4.74. The number of imidazole rings is 1. The van der Waals surface area contributed by atoms with Gasteiger partial charge in [0.25, 0.3) is 5.56 Å². The van der Waals surface area contributed by atoms with Crippen LogP contribution in [-0.4, -0.2) is 33.9 Å². The summed E-state index contributed by atoms with van der Waals surface area (Å²) in [5.41, 5.74) is 12.8. The molecule has 0 amide bonds. The highest BCUT2D eigenvalue weighted by molar-refractivity contribution is 5.96. The molecule has 0 radical (unpaired) electrons. The molecule has 1 aliphatic heterocycles. The number of anilines is 4. The molecule has 12 heteroatoms. The molecule has 0 aliphatic carbocycles. The van der Waals surface area contributed by atoms with Crippen molar-refractivity contribution >= 4 is 33.8 Å². The second-order valence-electron chi connectivity index (χ2n) is 8.42. The molecule has 4 aromatic heterocycles. The number of benzene rings is 1. The number of hydrogen-bond donors (Lipinski definition) is 3. The maximum Gasteiger partial charge on any atom is 0.296 e. The molecule has 0 fully saturated rings. The monoisotopic (exact) mass is 472 g/mol. The van der Waals surface area contributed by atoms with Gasteiger partial charge in [0.05, 0.1) is 17.9 Å². The summed E-state index contributed by atoms with van der Waals surface area (Å²) in [5, 5.41) is 9.00. The minimum Gasteiger partial charge on any atom is -0.396 e. The van der Waals surface area contributed by atoms with Gasteiger partial charge in [-0.3, -0.25) is 14.0 Å². The van der Waals surface area contributed by atoms with Crippen molar-refractivity contribution < 1.29 is 4.39 Å². The summed E-state index contributed by atoms with van der Waals surface area (Å²) < 4.78 is 20.6. The molecule has 5 N–H and O–H groups in total. The maximum atomic E-state index is 15.2. The quantitative estimate of drug-likeness (QED) is 0.338. The number of halogens is 1. The van der Waals surface area contributed by atoms with Gasteiger partial charge >= 0.3 is 0 Å². The number of pyridine rings is 1. The van der Waals surface area contributed by atoms with Gasteiger partial charge in [0.15, 0.2) is 11.6 Å². The number of nitrogens with zero attached hydrogens (tertiary/aromatic N) is 7. The van der Waals surface area contributed by atoms with Gasteiger partial charge < -0.3 is 21.4 Å². The Balaban J connectivity index is 1.37. The van der Waals surface area contributed by atoms with Crippen LogP contribution in [0.3, 0.4) is 0 Å². The Morgan fingerprint density at radius 1 is 1.09 bits per heavy atom. The lowest BCUT2D eigenvalue weighted by molar-refractivity contribution is 0.621. The first kappa shape index (κ1) is 20.8. The van der Waals surface area contributed by atoms with Crippen molar-refractivity contribution in [3.05, 3.63) is 76.5 Å². The first-order chi connectivity index (χ1) is 16.9. The molecular weight excluding hydrogens is 451 g/mol. The van der Waals surface area contributed by atoms with Crippen LogP contribution in [0.2, 0.25) is 0 Å². The molecule has 35 heavy (non-hydrogen) atoms. The van der Waals surface area contributed by atoms with Gasteiger partial charge in [0.2, 0.25) is 0 Å². The molecule has 11 nitrogen and oxygen atoms in total. The summed E-state index contributed by atoms with van der Waals surface area (Å²) in [6.07, 6.45) is 7.36. The van der Waals surface area contributed by atoms with Crippen LogP contribution < -0.4 is 22.3 Å². The van der Waals surface area contributed by atoms with Crippen molar-refractivity contribution in [2.24, 2.45) is 0 Å². The van der Waals surface area contributed by atoms with E-state index in [4.69, 9.17) is 11.5 Å². The second-order valence-corrected chi connectivity index (χ2v) is 8.42. The number of nitrogen functional groups attached to an aromatic ring is 2. The zero-order chi connectivity index (χ0) is 24.3. The van der Waals surface area contributed by atoms with Crippen molar-refractivity contribution in [1.29, 1.82) is 0 Å². The fourth-order valence-corrected chi connectivity index (χ4v) is 4.37. The summed E-state index contributed by atoms with van der Waals surface area (Å²) in [5.74, 6) is 1.48. The van der Waals surface area contributed by atoms with Gasteiger partial charge in [-0.1, -0.05) is 0 Å². The van der Waals surface area contributed by atoms with Crippen molar-refractivity contribution in [3.8, 4) is 5.69 Å². The molecule has 1 aromatic carbocycles. The molecule has 1 aliphatic rings. The Morgan fingerprint density at radius 3 is 2.80 bits per heavy atom. The predicted octanol–water partition coefficient (Wildman–Crippen LogP) is 2.13. The topological polar surface area (TPSA) is 147 Å². The van der Waals surface area contributed by atoms with E-state index in [0.29, 0.717) is 34.6 Å². The molecule has 6 rings (SSSR count). The fraction of sp³-hybridized carbons (Fsp3) is 0.174. The Bertz CT molecular complexity index is 1680. The third-order valence-corrected chi connectivity index (χ3v) is 6.33. The summed E-state index contributed by atoms with van der Waals surface area (Å²) in [6.45, 7) is 3.04. The minimum absolute atomic E-state index is 0.0512. The zero-order valence-electron chi connectivity index (χ0n) is 18.7. The van der Waals surface area contributed by atoms with E-state index in [-0.39, 0.29) is 17.1 Å². The molecular formula is C23H21FN10O. The van der Waals surface area contributed by atoms with Gasteiger partial charge in [-0.2, -0.15) is 10.1 Å². The number of aryl methyl sites for hydroxylation is 2. The molecule has 0 spiro atoms. The van der Waals surface area contributed by atoms with E-state index in [1.54, 1.807) is 25.3 Å². The number of rotatable bonds is 3. The van der Waals surface area contributed by atoms with Crippen LogP contribution in [0.5, 0.6) is 0 Å². The van der Waals surface area contributed by atoms with Crippen LogP contribution in [0, 0.1) is 12.7 Å². The first-order valence-electron chi connectivity index (χ1n) is 10.9. The maximum absolute atomic E-state index is 15.2. The first-order valence-corrected chi connectivity index (χ1v) is 10.9. The number of nitrogens with one attached hydrogen (secondary N) is 1. The Morgan fingerprint density at radius 2 is 1.94 bits per heavy atom. The van der Waals surface area contributed by atoms with Crippen molar-refractivity contribution in [2.45, 2.75) is 26.4 Å². The zero-order valence-corrected chi connectivity index (χ0v) is 18.7. The SMILES string of the molecule is Cc1c(N)c(=O)ncn1-c1cc2cc(Nc3cc4n(n3)Cc3nccn3CC4)ncc2c(N)c1F. The highest BCUT2D eigenvalue weighted by Crippen LogP contribution is 2.31. The van der Waals surface area contributed by atoms with E-state index in [1.807, 2.05) is 16.9 Å². The number of hydrogen-bond acceptors (Lipinski definition) is 8. The standard InChI is InChI=1S/C23H21FN10O/c1-12-21(25)23(35)29-11-33(12)16-6-13-7-17(28-9-15(13)22(26)20(16)24)30-18-8-14-2-4-32-5-3-27-19(32)10-34(14)31-18/h3,5-9,11H,2,4,10,25-26H2,1H3,(H,28,30,31). The van der Waals surface area contributed by atoms with Gasteiger partial charge in [0, 0.05) is 54.4 Å². The Labute approximate surface area is 197 Å². The summed E-state index contributed by atoms with van der Waals surface area (Å²) >= 11 is 0. The van der Waals surface area contributed by atoms with Crippen LogP contribution in [0.15, 0.2) is 47.9 Å². The second kappa shape index (κ2) is 7.65. The average Bonchev–Trinajstić information content (AvgIpc) is 3.41. The van der Waals surface area contributed by atoms with Crippen molar-refractivity contribution in [1.82, 2.24) is 33.9 Å².